The Hall–Kier alpha value is -3.49. The molecule has 1 N–H and O–H groups in total. The number of hydrogen-bond acceptors (Lipinski definition) is 4. The lowest BCUT2D eigenvalue weighted by Gasteiger charge is -2.35. The highest BCUT2D eigenvalue weighted by Crippen LogP contribution is 2.28. The van der Waals surface area contributed by atoms with Gasteiger partial charge in [0, 0.05) is 30.6 Å². The van der Waals surface area contributed by atoms with Crippen molar-refractivity contribution >= 4 is 18.0 Å². The van der Waals surface area contributed by atoms with Gasteiger partial charge in [0.25, 0.3) is 0 Å². The summed E-state index contributed by atoms with van der Waals surface area (Å²) in [5, 5.41) is 9.27. The van der Waals surface area contributed by atoms with E-state index in [1.807, 2.05) is 6.07 Å². The molecule has 0 aromatic heterocycles. The normalized spacial score (nSPS) is 16.0. The fourth-order valence-electron chi connectivity index (χ4n) is 4.03. The van der Waals surface area contributed by atoms with Crippen LogP contribution in [-0.2, 0) is 16.1 Å². The van der Waals surface area contributed by atoms with Gasteiger partial charge in [-0.2, -0.15) is 0 Å². The standard InChI is InChI=1S/C26H30F2N2O5/c1-26(2,3)35-25(34)30(15-20-9-10-21(27)13-22(20)28)16-23(31)29-11-5-8-19(14-29)17-6-4-7-18(12-17)24(32)33/h4,6-7,9-10,12-13,19H,5,8,11,14-16H2,1-3H3,(H,32,33). The molecular formula is C26H30F2N2O5. The van der Waals surface area contributed by atoms with Crippen molar-refractivity contribution in [1.29, 1.82) is 0 Å². The summed E-state index contributed by atoms with van der Waals surface area (Å²) < 4.78 is 33.0. The van der Waals surface area contributed by atoms with Crippen molar-refractivity contribution in [1.82, 2.24) is 9.80 Å². The van der Waals surface area contributed by atoms with Crippen LogP contribution in [0.25, 0.3) is 0 Å². The van der Waals surface area contributed by atoms with Crippen molar-refractivity contribution in [3.63, 3.8) is 0 Å². The molecule has 0 aliphatic carbocycles. The van der Waals surface area contributed by atoms with E-state index in [-0.39, 0.29) is 36.0 Å². The Morgan fingerprint density at radius 1 is 1.14 bits per heavy atom. The molecule has 35 heavy (non-hydrogen) atoms. The maximum atomic E-state index is 14.3. The molecule has 2 aromatic carbocycles. The van der Waals surface area contributed by atoms with E-state index >= 15 is 0 Å². The van der Waals surface area contributed by atoms with E-state index in [9.17, 15) is 28.3 Å². The van der Waals surface area contributed by atoms with Gasteiger partial charge in [0.05, 0.1) is 12.1 Å². The zero-order valence-electron chi connectivity index (χ0n) is 20.1. The molecule has 0 saturated carbocycles. The average Bonchev–Trinajstić information content (AvgIpc) is 2.79. The molecular weight excluding hydrogens is 458 g/mol. The van der Waals surface area contributed by atoms with Crippen LogP contribution in [0.2, 0.25) is 0 Å². The second-order valence-corrected chi connectivity index (χ2v) is 9.68. The molecule has 0 radical (unpaired) electrons. The van der Waals surface area contributed by atoms with Crippen LogP contribution < -0.4 is 0 Å². The third-order valence-corrected chi connectivity index (χ3v) is 5.73. The summed E-state index contributed by atoms with van der Waals surface area (Å²) in [4.78, 5) is 40.1. The zero-order valence-corrected chi connectivity index (χ0v) is 20.1. The van der Waals surface area contributed by atoms with Crippen LogP contribution in [0.3, 0.4) is 0 Å². The zero-order chi connectivity index (χ0) is 25.8. The lowest BCUT2D eigenvalue weighted by atomic mass is 9.89. The van der Waals surface area contributed by atoms with Crippen LogP contribution >= 0.6 is 0 Å². The third kappa shape index (κ3) is 7.24. The van der Waals surface area contributed by atoms with Crippen LogP contribution in [0.1, 0.15) is 61.0 Å². The average molecular weight is 489 g/mol. The minimum atomic E-state index is -1.02. The van der Waals surface area contributed by atoms with E-state index in [0.717, 1.165) is 29.0 Å². The predicted molar refractivity (Wildman–Crippen MR) is 125 cm³/mol. The maximum Gasteiger partial charge on any atom is 0.411 e. The molecule has 3 rings (SSSR count). The highest BCUT2D eigenvalue weighted by molar-refractivity contribution is 5.87. The Kier molecular flexibility index (Phi) is 8.09. The smallest absolute Gasteiger partial charge is 0.411 e. The van der Waals surface area contributed by atoms with Gasteiger partial charge in [-0.1, -0.05) is 18.2 Å². The van der Waals surface area contributed by atoms with Gasteiger partial charge >= 0.3 is 12.1 Å². The van der Waals surface area contributed by atoms with E-state index in [1.54, 1.807) is 37.8 Å². The minimum absolute atomic E-state index is 0.0449. The number of rotatable bonds is 6. The summed E-state index contributed by atoms with van der Waals surface area (Å²) in [6, 6.07) is 9.71. The van der Waals surface area contributed by atoms with Crippen LogP contribution in [0.5, 0.6) is 0 Å². The Balaban J connectivity index is 1.76. The van der Waals surface area contributed by atoms with Crippen LogP contribution in [0, 0.1) is 11.6 Å². The molecule has 1 atom stereocenters. The highest BCUT2D eigenvalue weighted by Gasteiger charge is 2.30. The quantitative estimate of drug-likeness (QED) is 0.631. The van der Waals surface area contributed by atoms with E-state index < -0.39 is 29.3 Å². The number of carbonyl (C=O) groups excluding carboxylic acids is 2. The number of ether oxygens (including phenoxy) is 1. The molecule has 188 valence electrons. The van der Waals surface area contributed by atoms with Crippen molar-refractivity contribution in [3.8, 4) is 0 Å². The number of amides is 2. The number of carbonyl (C=O) groups is 3. The number of carboxylic acids is 1. The molecule has 2 amide bonds. The number of likely N-dealkylation sites (tertiary alicyclic amines) is 1. The van der Waals surface area contributed by atoms with Gasteiger partial charge < -0.3 is 14.7 Å². The first-order valence-corrected chi connectivity index (χ1v) is 11.5. The monoisotopic (exact) mass is 488 g/mol. The van der Waals surface area contributed by atoms with Gasteiger partial charge in [-0.05, 0) is 57.4 Å². The minimum Gasteiger partial charge on any atom is -0.478 e. The molecule has 0 spiro atoms. The molecule has 2 aromatic rings. The van der Waals surface area contributed by atoms with Gasteiger partial charge in [-0.3, -0.25) is 9.69 Å². The number of aromatic carboxylic acids is 1. The molecule has 1 fully saturated rings. The molecule has 1 aliphatic heterocycles. The second kappa shape index (κ2) is 10.8. The summed E-state index contributed by atoms with van der Waals surface area (Å²) in [7, 11) is 0. The third-order valence-electron chi connectivity index (χ3n) is 5.73. The molecule has 1 aliphatic rings. The molecule has 1 heterocycles. The Morgan fingerprint density at radius 2 is 1.89 bits per heavy atom. The van der Waals surface area contributed by atoms with E-state index in [2.05, 4.69) is 0 Å². The summed E-state index contributed by atoms with van der Waals surface area (Å²) in [6.45, 7) is 5.31. The molecule has 1 unspecified atom stereocenters. The number of carboxylic acid groups (broad SMARTS) is 1. The van der Waals surface area contributed by atoms with Crippen molar-refractivity contribution in [2.45, 2.75) is 51.7 Å². The summed E-state index contributed by atoms with van der Waals surface area (Å²) in [6.07, 6.45) is 0.730. The SMILES string of the molecule is CC(C)(C)OC(=O)N(CC(=O)N1CCCC(c2cccc(C(=O)O)c2)C1)Cc1ccc(F)cc1F. The van der Waals surface area contributed by atoms with Gasteiger partial charge in [-0.25, -0.2) is 18.4 Å². The summed E-state index contributed by atoms with van der Waals surface area (Å²) in [5.74, 6) is -2.95. The maximum absolute atomic E-state index is 14.3. The summed E-state index contributed by atoms with van der Waals surface area (Å²) in [5.41, 5.74) is 0.251. The fourth-order valence-corrected chi connectivity index (χ4v) is 4.03. The molecule has 9 heteroatoms. The molecule has 0 bridgehead atoms. The number of halogens is 2. The fraction of sp³-hybridized carbons (Fsp3) is 0.423. The van der Waals surface area contributed by atoms with Crippen molar-refractivity contribution in [3.05, 3.63) is 70.8 Å². The summed E-state index contributed by atoms with van der Waals surface area (Å²) >= 11 is 0. The largest absolute Gasteiger partial charge is 0.478 e. The van der Waals surface area contributed by atoms with Gasteiger partial charge in [0.15, 0.2) is 0 Å². The first-order valence-electron chi connectivity index (χ1n) is 11.5. The Labute approximate surface area is 203 Å². The van der Waals surface area contributed by atoms with Crippen molar-refractivity contribution < 1.29 is 33.0 Å². The highest BCUT2D eigenvalue weighted by atomic mass is 19.1. The Morgan fingerprint density at radius 3 is 2.54 bits per heavy atom. The van der Waals surface area contributed by atoms with Crippen LogP contribution in [-0.4, -0.2) is 58.1 Å². The van der Waals surface area contributed by atoms with Gasteiger partial charge in [-0.15, -0.1) is 0 Å². The van der Waals surface area contributed by atoms with Gasteiger partial charge in [0.1, 0.15) is 23.8 Å². The number of piperidine rings is 1. The lowest BCUT2D eigenvalue weighted by Crippen LogP contribution is -2.47. The number of hydrogen-bond donors (Lipinski definition) is 1. The van der Waals surface area contributed by atoms with Crippen molar-refractivity contribution in [2.75, 3.05) is 19.6 Å². The Bertz CT molecular complexity index is 1100. The van der Waals surface area contributed by atoms with Crippen LogP contribution in [0.4, 0.5) is 13.6 Å². The number of benzene rings is 2. The molecule has 1 saturated heterocycles. The van der Waals surface area contributed by atoms with Gasteiger partial charge in [0.2, 0.25) is 5.91 Å². The van der Waals surface area contributed by atoms with E-state index in [0.29, 0.717) is 19.5 Å². The first kappa shape index (κ1) is 26.1. The topological polar surface area (TPSA) is 87.2 Å². The van der Waals surface area contributed by atoms with E-state index in [1.165, 1.54) is 12.1 Å². The van der Waals surface area contributed by atoms with Crippen molar-refractivity contribution in [2.24, 2.45) is 0 Å². The lowest BCUT2D eigenvalue weighted by molar-refractivity contribution is -0.133. The van der Waals surface area contributed by atoms with Crippen LogP contribution in [0.15, 0.2) is 42.5 Å². The molecule has 7 nitrogen and oxygen atoms in total. The number of nitrogens with zero attached hydrogens (tertiary/aromatic N) is 2. The predicted octanol–water partition coefficient (Wildman–Crippen LogP) is 4.81. The first-order chi connectivity index (χ1) is 16.4. The van der Waals surface area contributed by atoms with E-state index in [4.69, 9.17) is 4.74 Å². The second-order valence-electron chi connectivity index (χ2n) is 9.68.